The zero-order valence-corrected chi connectivity index (χ0v) is 38.4. The van der Waals surface area contributed by atoms with Crippen LogP contribution in [0, 0.1) is 5.92 Å². The Labute approximate surface area is 380 Å². The van der Waals surface area contributed by atoms with E-state index < -0.39 is 56.4 Å². The summed E-state index contributed by atoms with van der Waals surface area (Å²) in [4.78, 5) is 71.0. The summed E-state index contributed by atoms with van der Waals surface area (Å²) in [5, 5.41) is 11.8. The molecule has 1 unspecified atom stereocenters. The minimum Gasteiger partial charge on any atom is -1.00 e. The predicted molar refractivity (Wildman–Crippen MR) is 226 cm³/mol. The number of benzene rings is 2. The molecule has 2 aromatic carbocycles. The maximum atomic E-state index is 14.2. The van der Waals surface area contributed by atoms with Crippen LogP contribution in [0.25, 0.3) is 0 Å². The van der Waals surface area contributed by atoms with Crippen molar-refractivity contribution >= 4 is 86.3 Å². The summed E-state index contributed by atoms with van der Waals surface area (Å²) in [7, 11) is -3.34. The smallest absolute Gasteiger partial charge is 1.00 e. The fourth-order valence-corrected chi connectivity index (χ4v) is 7.75. The van der Waals surface area contributed by atoms with Crippen LogP contribution in [0.2, 0.25) is 0 Å². The third-order valence-corrected chi connectivity index (χ3v) is 11.3. The first-order valence-electron chi connectivity index (χ1n) is 18.6. The zero-order chi connectivity index (χ0) is 41.5. The molecule has 4 rings (SSSR count). The fraction of sp³-hybridized carbons (Fsp3) is 0.462. The molecule has 0 aliphatic heterocycles. The van der Waals surface area contributed by atoms with Gasteiger partial charge in [0.05, 0.1) is 39.8 Å². The van der Waals surface area contributed by atoms with Gasteiger partial charge in [0, 0.05) is 30.6 Å². The summed E-state index contributed by atoms with van der Waals surface area (Å²) in [6.07, 6.45) is -0.997. The second-order valence-corrected chi connectivity index (χ2v) is 17.4. The predicted octanol–water partition coefficient (Wildman–Crippen LogP) is 6.23. The van der Waals surface area contributed by atoms with Gasteiger partial charge < -0.3 is 43.0 Å². The Kier molecular flexibility index (Phi) is 20.7. The molecular weight excluding hydrogens is 832 g/mol. The first kappa shape index (κ1) is 49.4. The number of phosphoric ester groups is 1. The minimum atomic E-state index is -4.98. The van der Waals surface area contributed by atoms with E-state index in [1.165, 1.54) is 34.5 Å². The maximum absolute atomic E-state index is 14.2. The molecule has 0 spiro atoms. The molecule has 0 saturated heterocycles. The molecule has 0 bridgehead atoms. The average molecular weight is 887 g/mol. The van der Waals surface area contributed by atoms with Crippen LogP contribution in [0.15, 0.2) is 77.8 Å². The van der Waals surface area contributed by atoms with Gasteiger partial charge in [-0.2, -0.15) is 0 Å². The van der Waals surface area contributed by atoms with E-state index in [2.05, 4.69) is 39.8 Å². The van der Waals surface area contributed by atoms with Crippen molar-refractivity contribution < 1.29 is 45.6 Å². The third-order valence-electron chi connectivity index (χ3n) is 8.76. The number of ether oxygens (including phenoxy) is 2. The number of nitrogens with one attached hydrogen (secondary N) is 3. The summed E-state index contributed by atoms with van der Waals surface area (Å²) in [5.41, 5.74) is 4.09. The molecule has 2 aromatic heterocycles. The molecule has 0 radical (unpaired) electrons. The molecule has 4 aromatic rings. The van der Waals surface area contributed by atoms with Crippen molar-refractivity contribution in [1.29, 1.82) is 0 Å². The van der Waals surface area contributed by atoms with Gasteiger partial charge in [0.25, 0.3) is 0 Å². The second kappa shape index (κ2) is 24.3. The van der Waals surface area contributed by atoms with Gasteiger partial charge in [-0.25, -0.2) is 19.1 Å². The van der Waals surface area contributed by atoms with E-state index in [1.807, 2.05) is 79.9 Å². The Bertz CT molecular complexity index is 1900. The number of carbonyl (C=O) groups is 3. The van der Waals surface area contributed by atoms with Gasteiger partial charge in [0.2, 0.25) is 5.91 Å². The third kappa shape index (κ3) is 17.3. The number of urea groups is 1. The second-order valence-electron chi connectivity index (χ2n) is 14.3. The molecule has 2 heterocycles. The van der Waals surface area contributed by atoms with Crippen LogP contribution in [0.5, 0.6) is 0 Å². The normalized spacial score (nSPS) is 14.1. The van der Waals surface area contributed by atoms with Crippen LogP contribution in [-0.4, -0.2) is 118 Å². The van der Waals surface area contributed by atoms with Crippen molar-refractivity contribution in [1.82, 2.24) is 30.8 Å². The van der Waals surface area contributed by atoms with Crippen LogP contribution in [-0.2, 0) is 49.4 Å². The Morgan fingerprint density at radius 1 is 0.914 bits per heavy atom. The fourth-order valence-electron chi connectivity index (χ4n) is 5.98. The summed E-state index contributed by atoms with van der Waals surface area (Å²) in [5.74, 6) is -0.491. The van der Waals surface area contributed by atoms with Gasteiger partial charge in [-0.1, -0.05) is 88.4 Å². The number of amides is 4. The number of aromatic nitrogens is 2. The van der Waals surface area contributed by atoms with Crippen molar-refractivity contribution in [3.05, 3.63) is 104 Å². The summed E-state index contributed by atoms with van der Waals surface area (Å²) < 4.78 is 28.5. The van der Waals surface area contributed by atoms with Gasteiger partial charge in [-0.3, -0.25) is 14.3 Å². The van der Waals surface area contributed by atoms with E-state index >= 15 is 0 Å². The van der Waals surface area contributed by atoms with Crippen molar-refractivity contribution in [3.63, 3.8) is 0 Å². The van der Waals surface area contributed by atoms with Crippen molar-refractivity contribution in [3.8, 4) is 0 Å². The summed E-state index contributed by atoms with van der Waals surface area (Å²) in [6, 6.07) is 15.8. The number of carbonyl (C=O) groups excluding carboxylic acids is 3. The molecule has 19 heteroatoms. The van der Waals surface area contributed by atoms with E-state index in [0.29, 0.717) is 6.42 Å². The standard InChI is InChI=1S/C39H53N6O9PS2.Ca.2H/c1-25(2)35(44-38(47)45(6)21-31-23-56-37(42-31)26(3)4)36(46)41-30(17-28-13-9-7-10-14-28)19-34(53-27(5)54-55(49,50)51)33(18-29-15-11-8-12-16-29)43-39(48)52-22-32-20-40-24-57-32;;;/h7-16,20,23-27,30,33-35H,17-19,21-22H2,1-6H3,(H,41,46)(H,43,48)(H,44,47)(H2,49,50,51);;;/q;+2;2*-1/t27?,30-,33-,34-,35-;;;/m0.../s1. The zero-order valence-electron chi connectivity index (χ0n) is 35.6. The van der Waals surface area contributed by atoms with Gasteiger partial charge in [-0.05, 0) is 43.2 Å². The Hall–Kier alpha value is -2.96. The maximum Gasteiger partial charge on any atom is 2.00 e. The number of rotatable bonds is 21. The average Bonchev–Trinajstić information content (AvgIpc) is 3.85. The number of phosphoric acid groups is 1. The topological polar surface area (TPSA) is 202 Å². The number of thiazole rings is 2. The van der Waals surface area contributed by atoms with Crippen LogP contribution in [0.4, 0.5) is 9.59 Å². The molecule has 58 heavy (non-hydrogen) atoms. The molecule has 0 aliphatic carbocycles. The monoisotopic (exact) mass is 886 g/mol. The van der Waals surface area contributed by atoms with E-state index in [9.17, 15) is 28.7 Å². The summed E-state index contributed by atoms with van der Waals surface area (Å²) >= 11 is 2.87. The minimum absolute atomic E-state index is 0. The molecule has 4 amide bonds. The van der Waals surface area contributed by atoms with Crippen molar-refractivity contribution in [2.75, 3.05) is 7.05 Å². The van der Waals surface area contributed by atoms with Gasteiger partial charge >= 0.3 is 57.7 Å². The Morgan fingerprint density at radius 3 is 2.10 bits per heavy atom. The Balaban J connectivity index is 0.00000600. The Morgan fingerprint density at radius 2 is 1.55 bits per heavy atom. The SMILES string of the molecule is CC(O[C@@H](C[C@H](Cc1ccccc1)NC(=O)[C@@H](NC(=O)N(C)Cc1csc(C(C)C)n1)C(C)C)[C@H](Cc1ccccc1)NC(=O)OCc1cncs1)OP(=O)(O)O.[Ca+2].[H-].[H-]. The van der Waals surface area contributed by atoms with Gasteiger partial charge in [-0.15, -0.1) is 22.7 Å². The van der Waals surface area contributed by atoms with Crippen LogP contribution in [0.1, 0.15) is 76.5 Å². The van der Waals surface area contributed by atoms with Crippen LogP contribution in [0.3, 0.4) is 0 Å². The molecular formula is C39H55CaN6O9PS2. The molecule has 0 saturated carbocycles. The quantitative estimate of drug-likeness (QED) is 0.0361. The number of nitrogens with zero attached hydrogens (tertiary/aromatic N) is 3. The molecule has 5 atom stereocenters. The van der Waals surface area contributed by atoms with Gasteiger partial charge in [0.1, 0.15) is 12.6 Å². The number of hydrogen-bond donors (Lipinski definition) is 5. The molecule has 314 valence electrons. The van der Waals surface area contributed by atoms with E-state index in [0.717, 1.165) is 26.7 Å². The summed E-state index contributed by atoms with van der Waals surface area (Å²) in [6.45, 7) is 9.35. The van der Waals surface area contributed by atoms with E-state index in [-0.39, 0.29) is 78.4 Å². The van der Waals surface area contributed by atoms with E-state index in [1.54, 1.807) is 18.8 Å². The molecule has 0 fully saturated rings. The molecule has 15 nitrogen and oxygen atoms in total. The molecule has 5 N–H and O–H groups in total. The molecule has 0 aliphatic rings. The van der Waals surface area contributed by atoms with Crippen molar-refractivity contribution in [2.24, 2.45) is 5.92 Å². The van der Waals surface area contributed by atoms with Crippen LogP contribution < -0.4 is 16.0 Å². The number of alkyl carbamates (subject to hydrolysis) is 1. The first-order valence-corrected chi connectivity index (χ1v) is 21.9. The van der Waals surface area contributed by atoms with Crippen molar-refractivity contribution in [2.45, 2.75) is 103 Å². The number of hydrogen-bond acceptors (Lipinski definition) is 11. The van der Waals surface area contributed by atoms with Gasteiger partial charge in [0.15, 0.2) is 6.29 Å². The van der Waals surface area contributed by atoms with E-state index in [4.69, 9.17) is 14.0 Å². The van der Waals surface area contributed by atoms with Crippen LogP contribution >= 0.6 is 30.5 Å². The first-order chi connectivity index (χ1) is 27.1. The largest absolute Gasteiger partial charge is 2.00 e.